The lowest BCUT2D eigenvalue weighted by atomic mass is 10.3. The smallest absolute Gasteiger partial charge is 0.263 e. The molecule has 1 aromatic carbocycles. The Bertz CT molecular complexity index is 652. The van der Waals surface area contributed by atoms with Crippen LogP contribution in [0.15, 0.2) is 42.6 Å². The minimum atomic E-state index is -0.739. The number of rotatable bonds is 5. The van der Waals surface area contributed by atoms with Gasteiger partial charge in [-0.25, -0.2) is 4.39 Å². The zero-order valence-corrected chi connectivity index (χ0v) is 13.0. The molecular weight excluding hydrogens is 307 g/mol. The van der Waals surface area contributed by atoms with Crippen molar-refractivity contribution < 1.29 is 13.9 Å². The SMILES string of the molecule is CC(Oc1ccc(F)cc1Cl)C(=O)N(C)Cc1ccccn1. The van der Waals surface area contributed by atoms with Crippen LogP contribution in [0.5, 0.6) is 5.75 Å². The monoisotopic (exact) mass is 322 g/mol. The maximum atomic E-state index is 13.0. The van der Waals surface area contributed by atoms with E-state index < -0.39 is 11.9 Å². The number of halogens is 2. The van der Waals surface area contributed by atoms with Crippen molar-refractivity contribution >= 4 is 17.5 Å². The van der Waals surface area contributed by atoms with Gasteiger partial charge in [0.25, 0.3) is 5.91 Å². The summed E-state index contributed by atoms with van der Waals surface area (Å²) >= 11 is 5.89. The summed E-state index contributed by atoms with van der Waals surface area (Å²) in [5, 5.41) is 0.132. The number of carbonyl (C=O) groups excluding carboxylic acids is 1. The van der Waals surface area contributed by atoms with Gasteiger partial charge in [-0.15, -0.1) is 0 Å². The van der Waals surface area contributed by atoms with Crippen LogP contribution < -0.4 is 4.74 Å². The molecule has 0 spiro atoms. The van der Waals surface area contributed by atoms with Gasteiger partial charge < -0.3 is 9.64 Å². The number of likely N-dealkylation sites (N-methyl/N-ethyl adjacent to an activating group) is 1. The number of hydrogen-bond donors (Lipinski definition) is 0. The maximum absolute atomic E-state index is 13.0. The van der Waals surface area contributed by atoms with E-state index >= 15 is 0 Å². The fourth-order valence-electron chi connectivity index (χ4n) is 1.93. The molecule has 0 aliphatic rings. The van der Waals surface area contributed by atoms with Gasteiger partial charge in [-0.05, 0) is 37.3 Å². The molecule has 6 heteroatoms. The Morgan fingerprint density at radius 3 is 2.82 bits per heavy atom. The summed E-state index contributed by atoms with van der Waals surface area (Å²) in [4.78, 5) is 18.0. The zero-order chi connectivity index (χ0) is 16.1. The van der Waals surface area contributed by atoms with E-state index in [2.05, 4.69) is 4.98 Å². The lowest BCUT2D eigenvalue weighted by Gasteiger charge is -2.22. The van der Waals surface area contributed by atoms with Crippen LogP contribution in [-0.2, 0) is 11.3 Å². The molecule has 2 rings (SSSR count). The van der Waals surface area contributed by atoms with Crippen LogP contribution in [-0.4, -0.2) is 28.9 Å². The Kier molecular flexibility index (Phi) is 5.33. The van der Waals surface area contributed by atoms with Gasteiger partial charge in [0.2, 0.25) is 0 Å². The fraction of sp³-hybridized carbons (Fsp3) is 0.250. The number of amides is 1. The standard InChI is InChI=1S/C16H16ClFN2O2/c1-11(22-15-7-6-12(18)9-14(15)17)16(21)20(2)10-13-5-3-4-8-19-13/h3-9,11H,10H2,1-2H3. The van der Waals surface area contributed by atoms with Crippen LogP contribution in [0.3, 0.4) is 0 Å². The van der Waals surface area contributed by atoms with E-state index in [1.165, 1.54) is 17.0 Å². The van der Waals surface area contributed by atoms with Crippen LogP contribution in [0, 0.1) is 5.82 Å². The highest BCUT2D eigenvalue weighted by atomic mass is 35.5. The summed E-state index contributed by atoms with van der Waals surface area (Å²) < 4.78 is 18.5. The van der Waals surface area contributed by atoms with Crippen molar-refractivity contribution in [3.05, 3.63) is 59.1 Å². The summed E-state index contributed by atoms with van der Waals surface area (Å²) in [6, 6.07) is 9.29. The molecule has 0 saturated carbocycles. The van der Waals surface area contributed by atoms with Gasteiger partial charge in [0.15, 0.2) is 6.10 Å². The average Bonchev–Trinajstić information content (AvgIpc) is 2.50. The molecule has 0 bridgehead atoms. The molecule has 1 aromatic heterocycles. The second-order valence-electron chi connectivity index (χ2n) is 4.85. The van der Waals surface area contributed by atoms with Crippen molar-refractivity contribution in [2.75, 3.05) is 7.05 Å². The quantitative estimate of drug-likeness (QED) is 0.848. The molecule has 1 atom stereocenters. The van der Waals surface area contributed by atoms with Crippen LogP contribution in [0.1, 0.15) is 12.6 Å². The third kappa shape index (κ3) is 4.18. The van der Waals surface area contributed by atoms with E-state index in [0.717, 1.165) is 11.8 Å². The van der Waals surface area contributed by atoms with Crippen LogP contribution in [0.25, 0.3) is 0 Å². The largest absolute Gasteiger partial charge is 0.479 e. The molecule has 1 heterocycles. The van der Waals surface area contributed by atoms with Gasteiger partial charge in [0, 0.05) is 13.2 Å². The molecule has 116 valence electrons. The molecule has 22 heavy (non-hydrogen) atoms. The first kappa shape index (κ1) is 16.2. The van der Waals surface area contributed by atoms with E-state index in [9.17, 15) is 9.18 Å². The molecule has 2 aromatic rings. The van der Waals surface area contributed by atoms with E-state index in [1.807, 2.05) is 18.2 Å². The van der Waals surface area contributed by atoms with Crippen molar-refractivity contribution in [3.8, 4) is 5.75 Å². The second-order valence-corrected chi connectivity index (χ2v) is 5.26. The minimum absolute atomic E-state index is 0.132. The van der Waals surface area contributed by atoms with E-state index in [-0.39, 0.29) is 16.7 Å². The molecule has 4 nitrogen and oxygen atoms in total. The topological polar surface area (TPSA) is 42.4 Å². The summed E-state index contributed by atoms with van der Waals surface area (Å²) in [7, 11) is 1.67. The average molecular weight is 323 g/mol. The van der Waals surface area contributed by atoms with Gasteiger partial charge >= 0.3 is 0 Å². The van der Waals surface area contributed by atoms with Crippen molar-refractivity contribution in [2.45, 2.75) is 19.6 Å². The number of pyridine rings is 1. The third-order valence-corrected chi connectivity index (χ3v) is 3.34. The molecule has 0 aliphatic carbocycles. The van der Waals surface area contributed by atoms with Crippen molar-refractivity contribution in [3.63, 3.8) is 0 Å². The number of ether oxygens (including phenoxy) is 1. The van der Waals surface area contributed by atoms with Crippen LogP contribution in [0.4, 0.5) is 4.39 Å². The van der Waals surface area contributed by atoms with Crippen LogP contribution in [0.2, 0.25) is 5.02 Å². The van der Waals surface area contributed by atoms with Crippen LogP contribution >= 0.6 is 11.6 Å². The van der Waals surface area contributed by atoms with E-state index in [1.54, 1.807) is 20.2 Å². The molecule has 0 N–H and O–H groups in total. The molecule has 1 amide bonds. The van der Waals surface area contributed by atoms with Crippen molar-refractivity contribution in [1.82, 2.24) is 9.88 Å². The number of hydrogen-bond acceptors (Lipinski definition) is 3. The third-order valence-electron chi connectivity index (χ3n) is 3.05. The summed E-state index contributed by atoms with van der Waals surface area (Å²) in [6.07, 6.45) is 0.933. The predicted molar refractivity (Wildman–Crippen MR) is 82.2 cm³/mol. The molecule has 0 radical (unpaired) electrons. The van der Waals surface area contributed by atoms with Crippen molar-refractivity contribution in [2.24, 2.45) is 0 Å². The highest BCUT2D eigenvalue weighted by molar-refractivity contribution is 6.32. The highest BCUT2D eigenvalue weighted by Crippen LogP contribution is 2.26. The molecule has 0 saturated heterocycles. The Hall–Kier alpha value is -2.14. The maximum Gasteiger partial charge on any atom is 0.263 e. The Balaban J connectivity index is 1.99. The first-order valence-electron chi connectivity index (χ1n) is 6.74. The van der Waals surface area contributed by atoms with E-state index in [4.69, 9.17) is 16.3 Å². The minimum Gasteiger partial charge on any atom is -0.479 e. The molecular formula is C16H16ClFN2O2. The van der Waals surface area contributed by atoms with Gasteiger partial charge in [-0.3, -0.25) is 9.78 Å². The molecule has 1 unspecified atom stereocenters. The Labute approximate surface area is 133 Å². The summed E-state index contributed by atoms with van der Waals surface area (Å²) in [5.74, 6) is -0.398. The molecule has 0 aliphatic heterocycles. The normalized spacial score (nSPS) is 11.8. The molecule has 0 fully saturated rings. The van der Waals surface area contributed by atoms with Gasteiger partial charge in [0.05, 0.1) is 17.3 Å². The fourth-order valence-corrected chi connectivity index (χ4v) is 2.15. The lowest BCUT2D eigenvalue weighted by molar-refractivity contribution is -0.137. The predicted octanol–water partition coefficient (Wildman–Crippen LogP) is 3.30. The van der Waals surface area contributed by atoms with E-state index in [0.29, 0.717) is 6.54 Å². The zero-order valence-electron chi connectivity index (χ0n) is 12.3. The first-order chi connectivity index (χ1) is 10.5. The van der Waals surface area contributed by atoms with Crippen molar-refractivity contribution in [1.29, 1.82) is 0 Å². The summed E-state index contributed by atoms with van der Waals surface area (Å²) in [5.41, 5.74) is 0.783. The first-order valence-corrected chi connectivity index (χ1v) is 7.12. The Morgan fingerprint density at radius 2 is 2.18 bits per heavy atom. The van der Waals surface area contributed by atoms with Gasteiger partial charge in [-0.1, -0.05) is 17.7 Å². The lowest BCUT2D eigenvalue weighted by Crippen LogP contribution is -2.37. The number of benzene rings is 1. The number of aromatic nitrogens is 1. The summed E-state index contributed by atoms with van der Waals surface area (Å²) in [6.45, 7) is 2.00. The second kappa shape index (κ2) is 7.22. The number of nitrogens with zero attached hydrogens (tertiary/aromatic N) is 2. The highest BCUT2D eigenvalue weighted by Gasteiger charge is 2.20. The number of carbonyl (C=O) groups is 1. The Morgan fingerprint density at radius 1 is 1.41 bits per heavy atom. The van der Waals surface area contributed by atoms with Gasteiger partial charge in [-0.2, -0.15) is 0 Å². The van der Waals surface area contributed by atoms with Gasteiger partial charge in [0.1, 0.15) is 11.6 Å².